The molecule has 0 saturated carbocycles. The molecule has 0 saturated heterocycles. The van der Waals surface area contributed by atoms with Crippen LogP contribution in [0.2, 0.25) is 0 Å². The molecule has 0 radical (unpaired) electrons. The second-order valence-corrected chi connectivity index (χ2v) is 5.63. The van der Waals surface area contributed by atoms with Gasteiger partial charge in [-0.05, 0) is 14.0 Å². The van der Waals surface area contributed by atoms with Crippen molar-refractivity contribution in [3.05, 3.63) is 0 Å². The molecule has 0 aromatic rings. The van der Waals surface area contributed by atoms with Crippen molar-refractivity contribution in [3.63, 3.8) is 0 Å². The first kappa shape index (κ1) is 10.3. The molecule has 0 heterocycles. The minimum atomic E-state index is -2.96. The number of rotatable bonds is 4. The molecule has 0 aromatic carbocycles. The second kappa shape index (κ2) is 4.20. The van der Waals surface area contributed by atoms with E-state index in [0.717, 1.165) is 0 Å². The van der Waals surface area contributed by atoms with Gasteiger partial charge in [0.05, 0.1) is 5.75 Å². The third kappa shape index (κ3) is 3.43. The average molecular weight is 183 g/mol. The van der Waals surface area contributed by atoms with E-state index in [9.17, 15) is 8.42 Å². The highest BCUT2D eigenvalue weighted by molar-refractivity contribution is 8.04. The van der Waals surface area contributed by atoms with E-state index in [0.29, 0.717) is 6.54 Å². The van der Waals surface area contributed by atoms with Gasteiger partial charge in [0, 0.05) is 6.54 Å². The Balaban J connectivity index is 3.90. The number of nitrogens with one attached hydrogen (secondary N) is 1. The lowest BCUT2D eigenvalue weighted by Gasteiger charge is -2.05. The minimum absolute atomic E-state index is 0.161. The lowest BCUT2D eigenvalue weighted by Crippen LogP contribution is -2.23. The Bertz CT molecular complexity index is 174. The molecule has 0 amide bonds. The monoisotopic (exact) mass is 183 g/mol. The molecule has 0 aliphatic carbocycles. The summed E-state index contributed by atoms with van der Waals surface area (Å²) in [4.78, 5) is 0. The third-order valence-corrected chi connectivity index (χ3v) is 3.93. The van der Waals surface area contributed by atoms with Gasteiger partial charge in [-0.15, -0.1) is 0 Å². The fourth-order valence-electron chi connectivity index (χ4n) is 0.415. The van der Waals surface area contributed by atoms with Crippen molar-refractivity contribution in [1.29, 1.82) is 0 Å². The maximum atomic E-state index is 11.0. The predicted molar refractivity (Wildman–Crippen MR) is 46.2 cm³/mol. The smallest absolute Gasteiger partial charge is 0.163 e. The summed E-state index contributed by atoms with van der Waals surface area (Å²) in [7, 11) is -1.24. The van der Waals surface area contributed by atoms with Crippen LogP contribution in [0.15, 0.2) is 0 Å². The van der Waals surface area contributed by atoms with Crippen molar-refractivity contribution in [2.45, 2.75) is 11.5 Å². The van der Waals surface area contributed by atoms with Gasteiger partial charge in [-0.25, -0.2) is 8.42 Å². The van der Waals surface area contributed by atoms with Gasteiger partial charge in [0.1, 0.15) is 4.58 Å². The fraction of sp³-hybridized carbons (Fsp3) is 1.00. The molecule has 1 N–H and O–H groups in total. The standard InChI is InChI=1S/C5H13NO2S2/c1-5(9)10(7,8)4-3-6-2/h5-6,9H,3-4H2,1-2H3. The number of hydrogen-bond donors (Lipinski definition) is 2. The van der Waals surface area contributed by atoms with Crippen molar-refractivity contribution >= 4 is 22.5 Å². The van der Waals surface area contributed by atoms with E-state index in [-0.39, 0.29) is 5.75 Å². The predicted octanol–water partition coefficient (Wildman–Crippen LogP) is -0.104. The van der Waals surface area contributed by atoms with E-state index in [4.69, 9.17) is 0 Å². The highest BCUT2D eigenvalue weighted by atomic mass is 32.2. The summed E-state index contributed by atoms with van der Waals surface area (Å²) < 4.78 is 21.4. The molecule has 0 aliphatic heterocycles. The highest BCUT2D eigenvalue weighted by Gasteiger charge is 2.14. The largest absolute Gasteiger partial charge is 0.319 e. The maximum Gasteiger partial charge on any atom is 0.163 e. The summed E-state index contributed by atoms with van der Waals surface area (Å²) in [6.45, 7) is 2.06. The Morgan fingerprint density at radius 1 is 1.60 bits per heavy atom. The summed E-state index contributed by atoms with van der Waals surface area (Å²) >= 11 is 3.84. The molecule has 10 heavy (non-hydrogen) atoms. The van der Waals surface area contributed by atoms with Crippen LogP contribution in [-0.2, 0) is 9.84 Å². The van der Waals surface area contributed by atoms with Crippen LogP contribution in [0.4, 0.5) is 0 Å². The Kier molecular flexibility index (Phi) is 4.31. The zero-order valence-corrected chi connectivity index (χ0v) is 7.87. The molecule has 0 spiro atoms. The van der Waals surface area contributed by atoms with E-state index in [1.807, 2.05) is 0 Å². The normalized spacial score (nSPS) is 15.1. The van der Waals surface area contributed by atoms with Crippen molar-refractivity contribution in [1.82, 2.24) is 5.32 Å². The van der Waals surface area contributed by atoms with Gasteiger partial charge in [-0.3, -0.25) is 0 Å². The summed E-state index contributed by atoms with van der Waals surface area (Å²) in [6, 6.07) is 0. The van der Waals surface area contributed by atoms with Gasteiger partial charge in [0.2, 0.25) is 0 Å². The summed E-state index contributed by atoms with van der Waals surface area (Å²) in [5.41, 5.74) is 0. The fourth-order valence-corrected chi connectivity index (χ4v) is 1.56. The summed E-state index contributed by atoms with van der Waals surface area (Å²) in [5, 5.41) is 2.77. The Morgan fingerprint density at radius 2 is 2.10 bits per heavy atom. The van der Waals surface area contributed by atoms with Crippen LogP contribution in [0.1, 0.15) is 6.92 Å². The number of hydrogen-bond acceptors (Lipinski definition) is 4. The van der Waals surface area contributed by atoms with E-state index in [1.165, 1.54) is 0 Å². The van der Waals surface area contributed by atoms with E-state index in [1.54, 1.807) is 14.0 Å². The molecule has 0 aromatic heterocycles. The Hall–Kier alpha value is 0.260. The van der Waals surface area contributed by atoms with Gasteiger partial charge >= 0.3 is 0 Å². The average Bonchev–Trinajstić information content (AvgIpc) is 1.84. The topological polar surface area (TPSA) is 46.2 Å². The van der Waals surface area contributed by atoms with Crippen LogP contribution in [0.3, 0.4) is 0 Å². The first-order valence-corrected chi connectivity index (χ1v) is 5.28. The first-order chi connectivity index (χ1) is 4.50. The van der Waals surface area contributed by atoms with Crippen LogP contribution in [0.5, 0.6) is 0 Å². The molecule has 3 nitrogen and oxygen atoms in total. The van der Waals surface area contributed by atoms with Gasteiger partial charge in [0.15, 0.2) is 9.84 Å². The molecular weight excluding hydrogens is 170 g/mol. The van der Waals surface area contributed by atoms with Crippen LogP contribution >= 0.6 is 12.6 Å². The number of sulfone groups is 1. The summed E-state index contributed by atoms with van der Waals surface area (Å²) in [5.74, 6) is 0.161. The van der Waals surface area contributed by atoms with Crippen LogP contribution < -0.4 is 5.32 Å². The van der Waals surface area contributed by atoms with Crippen molar-refractivity contribution in [2.24, 2.45) is 0 Å². The quantitative estimate of drug-likeness (QED) is 0.598. The molecule has 0 fully saturated rings. The molecule has 5 heteroatoms. The van der Waals surface area contributed by atoms with E-state index < -0.39 is 14.4 Å². The number of thiol groups is 1. The van der Waals surface area contributed by atoms with Crippen LogP contribution in [0, 0.1) is 0 Å². The first-order valence-electron chi connectivity index (χ1n) is 3.05. The van der Waals surface area contributed by atoms with Crippen molar-refractivity contribution in [3.8, 4) is 0 Å². The minimum Gasteiger partial charge on any atom is -0.319 e. The summed E-state index contributed by atoms with van der Waals surface area (Å²) in [6.07, 6.45) is 0. The van der Waals surface area contributed by atoms with Gasteiger partial charge in [-0.2, -0.15) is 12.6 Å². The van der Waals surface area contributed by atoms with Gasteiger partial charge in [0.25, 0.3) is 0 Å². The zero-order chi connectivity index (χ0) is 8.20. The molecule has 62 valence electrons. The molecule has 1 unspecified atom stereocenters. The van der Waals surface area contributed by atoms with Crippen LogP contribution in [-0.4, -0.2) is 32.3 Å². The Labute approximate surface area is 67.5 Å². The molecule has 0 rings (SSSR count). The van der Waals surface area contributed by atoms with E-state index >= 15 is 0 Å². The highest BCUT2D eigenvalue weighted by Crippen LogP contribution is 2.04. The van der Waals surface area contributed by atoms with Gasteiger partial charge < -0.3 is 5.32 Å². The van der Waals surface area contributed by atoms with E-state index in [2.05, 4.69) is 17.9 Å². The lowest BCUT2D eigenvalue weighted by molar-refractivity contribution is 0.592. The lowest BCUT2D eigenvalue weighted by atomic mass is 10.8. The third-order valence-electron chi connectivity index (χ3n) is 1.16. The van der Waals surface area contributed by atoms with Crippen molar-refractivity contribution < 1.29 is 8.42 Å². The molecule has 0 aliphatic rings. The second-order valence-electron chi connectivity index (χ2n) is 2.07. The molecular formula is C5H13NO2S2. The molecule has 1 atom stereocenters. The maximum absolute atomic E-state index is 11.0. The van der Waals surface area contributed by atoms with Crippen LogP contribution in [0.25, 0.3) is 0 Å². The van der Waals surface area contributed by atoms with Gasteiger partial charge in [-0.1, -0.05) is 0 Å². The van der Waals surface area contributed by atoms with Crippen molar-refractivity contribution in [2.75, 3.05) is 19.3 Å². The zero-order valence-electron chi connectivity index (χ0n) is 6.16. The molecule has 0 bridgehead atoms. The Morgan fingerprint density at radius 3 is 2.40 bits per heavy atom. The SMILES string of the molecule is CNCCS(=O)(=O)C(C)S.